The summed E-state index contributed by atoms with van der Waals surface area (Å²) in [6.45, 7) is 2.35. The monoisotopic (exact) mass is 460 g/mol. The van der Waals surface area contributed by atoms with Crippen LogP contribution in [-0.4, -0.2) is 35.1 Å². The van der Waals surface area contributed by atoms with E-state index in [1.165, 1.54) is 17.0 Å². The van der Waals surface area contributed by atoms with Crippen molar-refractivity contribution in [3.8, 4) is 0 Å². The highest BCUT2D eigenvalue weighted by molar-refractivity contribution is 5.98. The van der Waals surface area contributed by atoms with Gasteiger partial charge >= 0.3 is 6.18 Å². The number of alkyl halides is 3. The maximum absolute atomic E-state index is 13.6. The molecule has 2 amide bonds. The van der Waals surface area contributed by atoms with E-state index >= 15 is 0 Å². The molecular formula is C25H27F3N2O3. The van der Waals surface area contributed by atoms with Crippen molar-refractivity contribution in [2.75, 3.05) is 6.61 Å². The lowest BCUT2D eigenvalue weighted by Gasteiger charge is -2.43. The van der Waals surface area contributed by atoms with E-state index in [1.807, 2.05) is 30.3 Å². The standard InChI is InChI=1S/C25H27F3N2O3/c1-17-7-6-12-24(14-17)30(23(32)19-10-5-11-20(13-19)25(26,27)28)21(16-33-24)22(31)29-15-18-8-3-2-4-9-18/h2-5,8-11,13,17,21H,6-7,12,14-16H2,1H3,(H,29,31). The Bertz CT molecular complexity index is 1010. The van der Waals surface area contributed by atoms with E-state index in [0.29, 0.717) is 12.8 Å². The van der Waals surface area contributed by atoms with Crippen LogP contribution in [0.2, 0.25) is 0 Å². The zero-order valence-corrected chi connectivity index (χ0v) is 18.4. The van der Waals surface area contributed by atoms with Gasteiger partial charge in [0.25, 0.3) is 5.91 Å². The lowest BCUT2D eigenvalue weighted by atomic mass is 9.83. The van der Waals surface area contributed by atoms with Crippen molar-refractivity contribution in [1.82, 2.24) is 10.2 Å². The van der Waals surface area contributed by atoms with Crippen LogP contribution in [0.15, 0.2) is 54.6 Å². The van der Waals surface area contributed by atoms with E-state index in [-0.39, 0.29) is 30.5 Å². The van der Waals surface area contributed by atoms with Crippen molar-refractivity contribution in [2.24, 2.45) is 5.92 Å². The number of carbonyl (C=O) groups is 2. The van der Waals surface area contributed by atoms with Gasteiger partial charge in [-0.25, -0.2) is 0 Å². The quantitative estimate of drug-likeness (QED) is 0.715. The van der Waals surface area contributed by atoms with E-state index in [1.54, 1.807) is 0 Å². The maximum Gasteiger partial charge on any atom is 0.416 e. The van der Waals surface area contributed by atoms with Gasteiger partial charge in [0.1, 0.15) is 11.8 Å². The molecule has 8 heteroatoms. The molecule has 1 saturated heterocycles. The third kappa shape index (κ3) is 4.90. The number of nitrogens with zero attached hydrogens (tertiary/aromatic N) is 1. The van der Waals surface area contributed by atoms with Gasteiger partial charge in [0.05, 0.1) is 12.2 Å². The summed E-state index contributed by atoms with van der Waals surface area (Å²) < 4.78 is 45.9. The van der Waals surface area contributed by atoms with Crippen molar-refractivity contribution < 1.29 is 27.5 Å². The van der Waals surface area contributed by atoms with Gasteiger partial charge in [-0.05, 0) is 48.9 Å². The number of carbonyl (C=O) groups excluding carboxylic acids is 2. The van der Waals surface area contributed by atoms with Gasteiger partial charge in [-0.1, -0.05) is 49.7 Å². The van der Waals surface area contributed by atoms with E-state index in [0.717, 1.165) is 30.5 Å². The lowest BCUT2D eigenvalue weighted by molar-refractivity contribution is -0.137. The fraction of sp³-hybridized carbons (Fsp3) is 0.440. The zero-order chi connectivity index (χ0) is 23.6. The minimum Gasteiger partial charge on any atom is -0.353 e. The Morgan fingerprint density at radius 3 is 2.61 bits per heavy atom. The molecular weight excluding hydrogens is 433 g/mol. The molecule has 33 heavy (non-hydrogen) atoms. The molecule has 176 valence electrons. The van der Waals surface area contributed by atoms with Gasteiger partial charge in [0.15, 0.2) is 0 Å². The second-order valence-corrected chi connectivity index (χ2v) is 8.93. The minimum atomic E-state index is -4.57. The van der Waals surface area contributed by atoms with Crippen LogP contribution in [0.4, 0.5) is 13.2 Å². The lowest BCUT2D eigenvalue weighted by Crippen LogP contribution is -2.57. The summed E-state index contributed by atoms with van der Waals surface area (Å²) >= 11 is 0. The molecule has 0 bridgehead atoms. The molecule has 2 aromatic carbocycles. The van der Waals surface area contributed by atoms with E-state index in [9.17, 15) is 22.8 Å². The number of hydrogen-bond acceptors (Lipinski definition) is 3. The summed E-state index contributed by atoms with van der Waals surface area (Å²) in [5, 5.41) is 2.85. The fourth-order valence-corrected chi connectivity index (χ4v) is 4.88. The van der Waals surface area contributed by atoms with E-state index in [4.69, 9.17) is 4.74 Å². The molecule has 1 saturated carbocycles. The molecule has 2 aromatic rings. The highest BCUT2D eigenvalue weighted by atomic mass is 19.4. The van der Waals surface area contributed by atoms with Crippen LogP contribution in [0.3, 0.4) is 0 Å². The van der Waals surface area contributed by atoms with Gasteiger partial charge in [-0.15, -0.1) is 0 Å². The molecule has 0 aromatic heterocycles. The predicted molar refractivity (Wildman–Crippen MR) is 116 cm³/mol. The average molecular weight is 460 g/mol. The van der Waals surface area contributed by atoms with Gasteiger partial charge in [-0.2, -0.15) is 13.2 Å². The van der Waals surface area contributed by atoms with Crippen LogP contribution in [0, 0.1) is 5.92 Å². The first kappa shape index (κ1) is 23.3. The minimum absolute atomic E-state index is 0.0119. The van der Waals surface area contributed by atoms with Crippen LogP contribution < -0.4 is 5.32 Å². The van der Waals surface area contributed by atoms with Crippen LogP contribution in [-0.2, 0) is 22.3 Å². The van der Waals surface area contributed by atoms with Crippen molar-refractivity contribution in [1.29, 1.82) is 0 Å². The fourth-order valence-electron chi connectivity index (χ4n) is 4.88. The third-order valence-corrected chi connectivity index (χ3v) is 6.46. The number of nitrogens with one attached hydrogen (secondary N) is 1. The molecule has 3 atom stereocenters. The first-order chi connectivity index (χ1) is 15.7. The van der Waals surface area contributed by atoms with Crippen molar-refractivity contribution >= 4 is 11.8 Å². The highest BCUT2D eigenvalue weighted by Crippen LogP contribution is 2.43. The normalized spacial score (nSPS) is 25.3. The second kappa shape index (κ2) is 9.17. The summed E-state index contributed by atoms with van der Waals surface area (Å²) in [4.78, 5) is 28.1. The molecule has 5 nitrogen and oxygen atoms in total. The molecule has 1 heterocycles. The van der Waals surface area contributed by atoms with Crippen LogP contribution in [0.25, 0.3) is 0 Å². The number of hydrogen-bond donors (Lipinski definition) is 1. The van der Waals surface area contributed by atoms with Gasteiger partial charge < -0.3 is 10.1 Å². The summed E-state index contributed by atoms with van der Waals surface area (Å²) in [5.74, 6) is -0.733. The van der Waals surface area contributed by atoms with Crippen molar-refractivity contribution in [2.45, 2.75) is 57.1 Å². The number of ether oxygens (including phenoxy) is 1. The Hall–Kier alpha value is -2.87. The largest absolute Gasteiger partial charge is 0.416 e. The predicted octanol–water partition coefficient (Wildman–Crippen LogP) is 4.77. The van der Waals surface area contributed by atoms with Crippen LogP contribution in [0.1, 0.15) is 54.1 Å². The molecule has 4 rings (SSSR count). The SMILES string of the molecule is CC1CCCC2(C1)OCC(C(=O)NCc1ccccc1)N2C(=O)c1cccc(C(F)(F)F)c1. The molecule has 1 spiro atoms. The second-order valence-electron chi connectivity index (χ2n) is 8.93. The van der Waals surface area contributed by atoms with Gasteiger partial charge in [0, 0.05) is 12.1 Å². The molecule has 1 aliphatic carbocycles. The molecule has 2 fully saturated rings. The Labute approximate surface area is 190 Å². The first-order valence-corrected chi connectivity index (χ1v) is 11.2. The van der Waals surface area contributed by atoms with E-state index in [2.05, 4.69) is 12.2 Å². The van der Waals surface area contributed by atoms with Crippen LogP contribution >= 0.6 is 0 Å². The Morgan fingerprint density at radius 2 is 1.91 bits per heavy atom. The summed E-state index contributed by atoms with van der Waals surface area (Å²) in [5.41, 5.74) is -1.09. The van der Waals surface area contributed by atoms with Gasteiger partial charge in [-0.3, -0.25) is 14.5 Å². The average Bonchev–Trinajstić information content (AvgIpc) is 3.15. The Morgan fingerprint density at radius 1 is 1.15 bits per heavy atom. The smallest absolute Gasteiger partial charge is 0.353 e. The summed E-state index contributed by atoms with van der Waals surface area (Å²) in [6.07, 6.45) is -1.70. The topological polar surface area (TPSA) is 58.6 Å². The molecule has 1 N–H and O–H groups in total. The van der Waals surface area contributed by atoms with E-state index < -0.39 is 29.4 Å². The first-order valence-electron chi connectivity index (χ1n) is 11.2. The highest BCUT2D eigenvalue weighted by Gasteiger charge is 2.54. The maximum atomic E-state index is 13.6. The van der Waals surface area contributed by atoms with Gasteiger partial charge in [0.2, 0.25) is 5.91 Å². The molecule has 2 aliphatic rings. The van der Waals surface area contributed by atoms with Crippen LogP contribution in [0.5, 0.6) is 0 Å². The summed E-state index contributed by atoms with van der Waals surface area (Å²) in [6, 6.07) is 12.8. The Kier molecular flexibility index (Phi) is 6.47. The number of halogens is 3. The summed E-state index contributed by atoms with van der Waals surface area (Å²) in [7, 11) is 0. The van der Waals surface area contributed by atoms with Crippen molar-refractivity contribution in [3.05, 3.63) is 71.3 Å². The number of amides is 2. The molecule has 0 radical (unpaired) electrons. The zero-order valence-electron chi connectivity index (χ0n) is 18.4. The molecule has 3 unspecified atom stereocenters. The molecule has 1 aliphatic heterocycles. The number of rotatable bonds is 4. The Balaban J connectivity index is 1.63. The number of benzene rings is 2. The van der Waals surface area contributed by atoms with Crippen molar-refractivity contribution in [3.63, 3.8) is 0 Å². The third-order valence-electron chi connectivity index (χ3n) is 6.46.